The molecule has 0 bridgehead atoms. The predicted molar refractivity (Wildman–Crippen MR) is 84.0 cm³/mol. The van der Waals surface area contributed by atoms with Crippen LogP contribution in [-0.4, -0.2) is 23.5 Å². The van der Waals surface area contributed by atoms with Crippen molar-refractivity contribution in [3.05, 3.63) is 0 Å². The minimum Gasteiger partial charge on any atom is -0.481 e. The molecule has 0 heterocycles. The van der Waals surface area contributed by atoms with Gasteiger partial charge in [-0.25, -0.2) is 0 Å². The highest BCUT2D eigenvalue weighted by Gasteiger charge is 2.41. The zero-order valence-corrected chi connectivity index (χ0v) is 13.6. The van der Waals surface area contributed by atoms with Gasteiger partial charge < -0.3 is 10.4 Å². The molecule has 2 N–H and O–H groups in total. The van der Waals surface area contributed by atoms with Gasteiger partial charge in [-0.15, -0.1) is 0 Å². The summed E-state index contributed by atoms with van der Waals surface area (Å²) < 4.78 is 0. The van der Waals surface area contributed by atoms with E-state index in [-0.39, 0.29) is 11.8 Å². The van der Waals surface area contributed by atoms with Gasteiger partial charge in [0, 0.05) is 6.54 Å². The molecular formula is C17H31NO3. The Balaban J connectivity index is 2.25. The van der Waals surface area contributed by atoms with Crippen molar-refractivity contribution in [1.82, 2.24) is 5.32 Å². The summed E-state index contributed by atoms with van der Waals surface area (Å²) in [5.41, 5.74) is 0. The smallest absolute Gasteiger partial charge is 0.307 e. The van der Waals surface area contributed by atoms with Crippen LogP contribution in [0.15, 0.2) is 0 Å². The number of unbranched alkanes of at least 4 members (excludes halogenated alkanes) is 5. The molecule has 1 saturated carbocycles. The minimum atomic E-state index is -0.814. The summed E-state index contributed by atoms with van der Waals surface area (Å²) in [6, 6.07) is 0. The Bertz CT molecular complexity index is 330. The lowest BCUT2D eigenvalue weighted by Gasteiger charge is -2.15. The Morgan fingerprint density at radius 1 is 1.00 bits per heavy atom. The lowest BCUT2D eigenvalue weighted by molar-refractivity contribution is -0.146. The van der Waals surface area contributed by atoms with Crippen LogP contribution in [-0.2, 0) is 9.59 Å². The molecule has 0 spiro atoms. The Hall–Kier alpha value is -1.06. The van der Waals surface area contributed by atoms with E-state index < -0.39 is 11.9 Å². The normalized spacial score (nSPS) is 25.0. The van der Waals surface area contributed by atoms with Crippen LogP contribution in [0, 0.1) is 17.8 Å². The highest BCUT2D eigenvalue weighted by atomic mass is 16.4. The summed E-state index contributed by atoms with van der Waals surface area (Å²) in [4.78, 5) is 23.5. The third kappa shape index (κ3) is 6.06. The van der Waals surface area contributed by atoms with Crippen LogP contribution in [0.2, 0.25) is 0 Å². The van der Waals surface area contributed by atoms with Gasteiger partial charge in [0.25, 0.3) is 0 Å². The molecule has 1 amide bonds. The van der Waals surface area contributed by atoms with Crippen molar-refractivity contribution in [3.63, 3.8) is 0 Å². The van der Waals surface area contributed by atoms with Crippen molar-refractivity contribution >= 4 is 11.9 Å². The topological polar surface area (TPSA) is 66.4 Å². The van der Waals surface area contributed by atoms with Gasteiger partial charge in [-0.05, 0) is 25.2 Å². The van der Waals surface area contributed by atoms with Crippen molar-refractivity contribution < 1.29 is 14.7 Å². The fraction of sp³-hybridized carbons (Fsp3) is 0.882. The first-order valence-electron chi connectivity index (χ1n) is 8.60. The van der Waals surface area contributed by atoms with Gasteiger partial charge in [0.15, 0.2) is 0 Å². The predicted octanol–water partition coefficient (Wildman–Crippen LogP) is 3.60. The molecule has 0 saturated heterocycles. The van der Waals surface area contributed by atoms with Gasteiger partial charge in [0.2, 0.25) is 5.91 Å². The number of amides is 1. The number of carboxylic acid groups (broad SMARTS) is 1. The molecule has 1 fully saturated rings. The molecule has 4 heteroatoms. The van der Waals surface area contributed by atoms with E-state index in [4.69, 9.17) is 0 Å². The minimum absolute atomic E-state index is 0.0492. The van der Waals surface area contributed by atoms with Crippen molar-refractivity contribution in [3.8, 4) is 0 Å². The summed E-state index contributed by atoms with van der Waals surface area (Å²) >= 11 is 0. The van der Waals surface area contributed by atoms with Crippen LogP contribution >= 0.6 is 0 Å². The molecule has 1 aliphatic carbocycles. The average Bonchev–Trinajstić information content (AvgIpc) is 2.90. The SMILES string of the molecule is CCCCCCCCNC(=O)C1CC(CC)CC1C(=O)O. The van der Waals surface area contributed by atoms with Gasteiger partial charge >= 0.3 is 5.97 Å². The highest BCUT2D eigenvalue weighted by molar-refractivity contribution is 5.85. The van der Waals surface area contributed by atoms with Crippen molar-refractivity contribution in [2.24, 2.45) is 17.8 Å². The summed E-state index contributed by atoms with van der Waals surface area (Å²) in [6.45, 7) is 4.95. The van der Waals surface area contributed by atoms with Gasteiger partial charge in [0.1, 0.15) is 0 Å². The second-order valence-electron chi connectivity index (χ2n) is 6.36. The number of hydrogen-bond donors (Lipinski definition) is 2. The van der Waals surface area contributed by atoms with E-state index in [0.29, 0.717) is 18.9 Å². The highest BCUT2D eigenvalue weighted by Crippen LogP contribution is 2.38. The quantitative estimate of drug-likeness (QED) is 0.605. The maximum Gasteiger partial charge on any atom is 0.307 e. The lowest BCUT2D eigenvalue weighted by Crippen LogP contribution is -2.35. The number of hydrogen-bond acceptors (Lipinski definition) is 2. The van der Waals surface area contributed by atoms with Gasteiger partial charge in [-0.3, -0.25) is 9.59 Å². The molecule has 0 radical (unpaired) electrons. The van der Waals surface area contributed by atoms with Crippen LogP contribution in [0.3, 0.4) is 0 Å². The molecule has 3 unspecified atom stereocenters. The molecule has 4 nitrogen and oxygen atoms in total. The van der Waals surface area contributed by atoms with Gasteiger partial charge in [-0.2, -0.15) is 0 Å². The summed E-state index contributed by atoms with van der Waals surface area (Å²) in [5.74, 6) is -1.29. The third-order valence-electron chi connectivity index (χ3n) is 4.72. The van der Waals surface area contributed by atoms with E-state index in [1.807, 2.05) is 0 Å². The van der Waals surface area contributed by atoms with Crippen molar-refractivity contribution in [1.29, 1.82) is 0 Å². The van der Waals surface area contributed by atoms with Crippen LogP contribution in [0.5, 0.6) is 0 Å². The molecule has 3 atom stereocenters. The number of carbonyl (C=O) groups excluding carboxylic acids is 1. The third-order valence-corrected chi connectivity index (χ3v) is 4.72. The van der Waals surface area contributed by atoms with Crippen LogP contribution in [0.25, 0.3) is 0 Å². The molecule has 1 rings (SSSR count). The first kappa shape index (κ1) is 18.0. The molecule has 122 valence electrons. The van der Waals surface area contributed by atoms with E-state index in [2.05, 4.69) is 19.2 Å². The lowest BCUT2D eigenvalue weighted by atomic mass is 9.95. The monoisotopic (exact) mass is 297 g/mol. The first-order valence-corrected chi connectivity index (χ1v) is 8.60. The Kier molecular flexibility index (Phi) is 8.40. The molecular weight excluding hydrogens is 266 g/mol. The second kappa shape index (κ2) is 9.80. The van der Waals surface area contributed by atoms with Crippen molar-refractivity contribution in [2.45, 2.75) is 71.6 Å². The zero-order chi connectivity index (χ0) is 15.7. The van der Waals surface area contributed by atoms with Crippen LogP contribution in [0.1, 0.15) is 71.6 Å². The maximum absolute atomic E-state index is 12.2. The molecule has 0 aromatic carbocycles. The molecule has 0 aromatic heterocycles. The second-order valence-corrected chi connectivity index (χ2v) is 6.36. The summed E-state index contributed by atoms with van der Waals surface area (Å²) in [5, 5.41) is 12.2. The summed E-state index contributed by atoms with van der Waals surface area (Å²) in [7, 11) is 0. The van der Waals surface area contributed by atoms with Crippen LogP contribution in [0.4, 0.5) is 0 Å². The van der Waals surface area contributed by atoms with E-state index in [1.54, 1.807) is 0 Å². The standard InChI is InChI=1S/C17H31NO3/c1-3-5-6-7-8-9-10-18-16(19)14-11-13(4-2)12-15(14)17(20)21/h13-15H,3-12H2,1-2H3,(H,18,19)(H,20,21). The Morgan fingerprint density at radius 3 is 2.24 bits per heavy atom. The number of rotatable bonds is 10. The number of aliphatic carboxylic acids is 1. The molecule has 0 aliphatic heterocycles. The van der Waals surface area contributed by atoms with E-state index >= 15 is 0 Å². The van der Waals surface area contributed by atoms with E-state index in [9.17, 15) is 14.7 Å². The Labute approximate surface area is 128 Å². The maximum atomic E-state index is 12.2. The first-order chi connectivity index (χ1) is 10.1. The zero-order valence-electron chi connectivity index (χ0n) is 13.6. The van der Waals surface area contributed by atoms with E-state index in [0.717, 1.165) is 25.7 Å². The fourth-order valence-electron chi connectivity index (χ4n) is 3.29. The van der Waals surface area contributed by atoms with Crippen molar-refractivity contribution in [2.75, 3.05) is 6.54 Å². The van der Waals surface area contributed by atoms with Gasteiger partial charge in [0.05, 0.1) is 11.8 Å². The van der Waals surface area contributed by atoms with Crippen LogP contribution < -0.4 is 5.32 Å². The molecule has 1 aliphatic rings. The van der Waals surface area contributed by atoms with E-state index in [1.165, 1.54) is 25.7 Å². The largest absolute Gasteiger partial charge is 0.481 e. The number of carboxylic acids is 1. The number of nitrogens with one attached hydrogen (secondary N) is 1. The fourth-order valence-corrected chi connectivity index (χ4v) is 3.29. The van der Waals surface area contributed by atoms with Gasteiger partial charge in [-0.1, -0.05) is 52.4 Å². The average molecular weight is 297 g/mol. The number of carbonyl (C=O) groups is 2. The Morgan fingerprint density at radius 2 is 1.62 bits per heavy atom. The molecule has 0 aromatic rings. The summed E-state index contributed by atoms with van der Waals surface area (Å²) in [6.07, 6.45) is 9.51. The molecule has 21 heavy (non-hydrogen) atoms.